The quantitative estimate of drug-likeness (QED) is 0.491. The van der Waals surface area contributed by atoms with Crippen LogP contribution in [0.5, 0.6) is 0 Å². The highest BCUT2D eigenvalue weighted by Gasteiger charge is 2.11. The second-order valence-electron chi connectivity index (χ2n) is 6.11. The minimum atomic E-state index is -3.42. The first-order valence-electron chi connectivity index (χ1n) is 9.03. The van der Waals surface area contributed by atoms with Gasteiger partial charge in [0.05, 0.1) is 17.9 Å². The van der Waals surface area contributed by atoms with E-state index >= 15 is 0 Å². The molecule has 0 aliphatic carbocycles. The van der Waals surface area contributed by atoms with Gasteiger partial charge in [0.2, 0.25) is 10.0 Å². The number of amides is 1. The van der Waals surface area contributed by atoms with Crippen LogP contribution in [0.1, 0.15) is 47.4 Å². The highest BCUT2D eigenvalue weighted by atomic mass is 32.2. The first-order chi connectivity index (χ1) is 13.3. The topological polar surface area (TPSA) is 102 Å². The molecule has 0 saturated carbocycles. The third-order valence-electron chi connectivity index (χ3n) is 3.89. The number of hydrogen-bond acceptors (Lipinski definition) is 5. The van der Waals surface area contributed by atoms with Gasteiger partial charge in [-0.05, 0) is 55.8 Å². The van der Waals surface area contributed by atoms with Crippen LogP contribution in [0.3, 0.4) is 0 Å². The molecule has 0 spiro atoms. The van der Waals surface area contributed by atoms with Gasteiger partial charge in [0, 0.05) is 16.9 Å². The van der Waals surface area contributed by atoms with Crippen molar-refractivity contribution in [1.82, 2.24) is 0 Å². The van der Waals surface area contributed by atoms with E-state index in [9.17, 15) is 18.0 Å². The molecule has 2 rings (SSSR count). The van der Waals surface area contributed by atoms with Gasteiger partial charge >= 0.3 is 5.97 Å². The smallest absolute Gasteiger partial charge is 0.338 e. The van der Waals surface area contributed by atoms with Crippen molar-refractivity contribution in [2.75, 3.05) is 22.4 Å². The van der Waals surface area contributed by atoms with Crippen LogP contribution in [-0.4, -0.2) is 32.7 Å². The normalized spacial score (nSPS) is 10.9. The zero-order chi connectivity index (χ0) is 20.6. The first-order valence-corrected chi connectivity index (χ1v) is 10.7. The average Bonchev–Trinajstić information content (AvgIpc) is 2.68. The first kappa shape index (κ1) is 21.4. The molecule has 8 heteroatoms. The Labute approximate surface area is 165 Å². The Bertz CT molecular complexity index is 924. The van der Waals surface area contributed by atoms with Gasteiger partial charge in [-0.2, -0.15) is 0 Å². The van der Waals surface area contributed by atoms with Crippen molar-refractivity contribution in [3.8, 4) is 0 Å². The van der Waals surface area contributed by atoms with Gasteiger partial charge in [-0.3, -0.25) is 9.52 Å². The molecule has 2 aromatic rings. The number of sulfonamides is 1. The van der Waals surface area contributed by atoms with Crippen LogP contribution in [0.4, 0.5) is 11.4 Å². The molecule has 7 nitrogen and oxygen atoms in total. The largest absolute Gasteiger partial charge is 0.462 e. The van der Waals surface area contributed by atoms with Crippen molar-refractivity contribution in [2.24, 2.45) is 0 Å². The van der Waals surface area contributed by atoms with Crippen LogP contribution in [0.25, 0.3) is 0 Å². The fourth-order valence-corrected chi connectivity index (χ4v) is 2.89. The molecule has 0 bridgehead atoms. The van der Waals surface area contributed by atoms with Crippen molar-refractivity contribution in [3.63, 3.8) is 0 Å². The van der Waals surface area contributed by atoms with E-state index in [-0.39, 0.29) is 5.75 Å². The lowest BCUT2D eigenvalue weighted by Gasteiger charge is -2.09. The van der Waals surface area contributed by atoms with Gasteiger partial charge in [0.25, 0.3) is 5.91 Å². The molecule has 150 valence electrons. The van der Waals surface area contributed by atoms with Crippen LogP contribution in [-0.2, 0) is 14.8 Å². The van der Waals surface area contributed by atoms with E-state index in [1.165, 1.54) is 13.0 Å². The standard InChI is InChI=1S/C20H24N2O5S/c1-3-5-13-27-20(24)15-9-11-17(12-10-15)21-19(23)16-7-6-8-18(14-16)22-28(25,26)4-2/h6-12,14,22H,3-5,13H2,1-2H3,(H,21,23). The Kier molecular flexibility index (Phi) is 7.57. The van der Waals surface area contributed by atoms with Gasteiger partial charge in [-0.25, -0.2) is 13.2 Å². The third-order valence-corrected chi connectivity index (χ3v) is 5.19. The van der Waals surface area contributed by atoms with E-state index in [0.717, 1.165) is 12.8 Å². The summed E-state index contributed by atoms with van der Waals surface area (Å²) < 4.78 is 30.9. The Morgan fingerprint density at radius 3 is 2.32 bits per heavy atom. The maximum absolute atomic E-state index is 12.4. The number of unbranched alkanes of at least 4 members (excludes halogenated alkanes) is 1. The minimum Gasteiger partial charge on any atom is -0.462 e. The molecule has 0 aliphatic rings. The predicted octanol–water partition coefficient (Wildman–Crippen LogP) is 3.66. The van der Waals surface area contributed by atoms with E-state index in [4.69, 9.17) is 4.74 Å². The van der Waals surface area contributed by atoms with Crippen molar-refractivity contribution in [3.05, 3.63) is 59.7 Å². The molecule has 28 heavy (non-hydrogen) atoms. The number of carbonyl (C=O) groups excluding carboxylic acids is 2. The van der Waals surface area contributed by atoms with Crippen LogP contribution >= 0.6 is 0 Å². The lowest BCUT2D eigenvalue weighted by atomic mass is 10.1. The number of esters is 1. The molecule has 0 fully saturated rings. The second kappa shape index (κ2) is 9.89. The van der Waals surface area contributed by atoms with E-state index in [1.54, 1.807) is 42.5 Å². The van der Waals surface area contributed by atoms with Crippen LogP contribution in [0, 0.1) is 0 Å². The number of nitrogens with one attached hydrogen (secondary N) is 2. The molecule has 0 atom stereocenters. The number of rotatable bonds is 9. The Hall–Kier alpha value is -2.87. The highest BCUT2D eigenvalue weighted by Crippen LogP contribution is 2.16. The summed E-state index contributed by atoms with van der Waals surface area (Å²) in [5.41, 5.74) is 1.54. The SMILES string of the molecule is CCCCOC(=O)c1ccc(NC(=O)c2cccc(NS(=O)(=O)CC)c2)cc1. The van der Waals surface area contributed by atoms with Crippen molar-refractivity contribution in [1.29, 1.82) is 0 Å². The third kappa shape index (κ3) is 6.38. The lowest BCUT2D eigenvalue weighted by Crippen LogP contribution is -2.16. The summed E-state index contributed by atoms with van der Waals surface area (Å²) in [5.74, 6) is -0.852. The summed E-state index contributed by atoms with van der Waals surface area (Å²) in [7, 11) is -3.42. The molecule has 2 N–H and O–H groups in total. The van der Waals surface area contributed by atoms with Crippen molar-refractivity contribution < 1.29 is 22.7 Å². The Morgan fingerprint density at radius 1 is 0.964 bits per heavy atom. The number of benzene rings is 2. The van der Waals surface area contributed by atoms with Crippen molar-refractivity contribution >= 4 is 33.3 Å². The summed E-state index contributed by atoms with van der Waals surface area (Å²) in [6.45, 7) is 3.92. The molecule has 0 radical (unpaired) electrons. The van der Waals surface area contributed by atoms with Crippen LogP contribution < -0.4 is 10.0 Å². The molecule has 0 heterocycles. The molecule has 0 aromatic heterocycles. The minimum absolute atomic E-state index is 0.0589. The van der Waals surface area contributed by atoms with Gasteiger partial charge in [0.15, 0.2) is 0 Å². The Morgan fingerprint density at radius 2 is 1.68 bits per heavy atom. The number of carbonyl (C=O) groups is 2. The molecule has 0 unspecified atom stereocenters. The molecule has 2 aromatic carbocycles. The van der Waals surface area contributed by atoms with E-state index in [0.29, 0.717) is 29.1 Å². The number of ether oxygens (including phenoxy) is 1. The van der Waals surface area contributed by atoms with Crippen LogP contribution in [0.15, 0.2) is 48.5 Å². The summed E-state index contributed by atoms with van der Waals surface area (Å²) in [6, 6.07) is 12.6. The van der Waals surface area contributed by atoms with Gasteiger partial charge in [-0.15, -0.1) is 0 Å². The van der Waals surface area contributed by atoms with E-state index in [2.05, 4.69) is 10.0 Å². The summed E-state index contributed by atoms with van der Waals surface area (Å²) >= 11 is 0. The van der Waals surface area contributed by atoms with Crippen LogP contribution in [0.2, 0.25) is 0 Å². The number of anilines is 2. The molecule has 0 saturated heterocycles. The fraction of sp³-hybridized carbons (Fsp3) is 0.300. The van der Waals surface area contributed by atoms with Crippen molar-refractivity contribution in [2.45, 2.75) is 26.7 Å². The molecular formula is C20H24N2O5S. The van der Waals surface area contributed by atoms with Gasteiger partial charge in [-0.1, -0.05) is 19.4 Å². The highest BCUT2D eigenvalue weighted by molar-refractivity contribution is 7.92. The maximum Gasteiger partial charge on any atom is 0.338 e. The monoisotopic (exact) mass is 404 g/mol. The summed E-state index contributed by atoms with van der Waals surface area (Å²) in [4.78, 5) is 24.3. The van der Waals surface area contributed by atoms with E-state index in [1.807, 2.05) is 6.92 Å². The average molecular weight is 404 g/mol. The Balaban J connectivity index is 2.02. The van der Waals surface area contributed by atoms with E-state index < -0.39 is 21.9 Å². The van der Waals surface area contributed by atoms with Gasteiger partial charge in [0.1, 0.15) is 0 Å². The summed E-state index contributed by atoms with van der Waals surface area (Å²) in [5, 5.41) is 2.71. The zero-order valence-corrected chi connectivity index (χ0v) is 16.7. The molecule has 0 aliphatic heterocycles. The molecule has 1 amide bonds. The number of hydrogen-bond donors (Lipinski definition) is 2. The lowest BCUT2D eigenvalue weighted by molar-refractivity contribution is 0.0499. The predicted molar refractivity (Wildman–Crippen MR) is 109 cm³/mol. The van der Waals surface area contributed by atoms with Gasteiger partial charge < -0.3 is 10.1 Å². The maximum atomic E-state index is 12.4. The molecular weight excluding hydrogens is 380 g/mol. The summed E-state index contributed by atoms with van der Waals surface area (Å²) in [6.07, 6.45) is 1.76. The second-order valence-corrected chi connectivity index (χ2v) is 8.12. The zero-order valence-electron chi connectivity index (χ0n) is 15.9. The fourth-order valence-electron chi connectivity index (χ4n) is 2.26.